The summed E-state index contributed by atoms with van der Waals surface area (Å²) in [5.41, 5.74) is 7.30. The Morgan fingerprint density at radius 2 is 1.61 bits per heavy atom. The van der Waals surface area contributed by atoms with Gasteiger partial charge in [0.05, 0.1) is 11.0 Å². The molecule has 1 heterocycles. The van der Waals surface area contributed by atoms with Crippen LogP contribution in [0, 0.1) is 27.7 Å². The fraction of sp³-hybridized carbons (Fsp3) is 0.250. The maximum atomic E-state index is 12.4. The summed E-state index contributed by atoms with van der Waals surface area (Å²) in [7, 11) is 3.39. The number of carbonyl (C=O) groups is 2. The molecular weight excluding hydrogens is 456 g/mol. The molecule has 3 aromatic carbocycles. The van der Waals surface area contributed by atoms with E-state index in [2.05, 4.69) is 10.3 Å². The number of hydrogen-bond donors (Lipinski definition) is 2. The van der Waals surface area contributed by atoms with Crippen molar-refractivity contribution in [2.24, 2.45) is 0 Å². The second-order valence-corrected chi connectivity index (χ2v) is 9.09. The van der Waals surface area contributed by atoms with Gasteiger partial charge in [0.2, 0.25) is 0 Å². The van der Waals surface area contributed by atoms with Gasteiger partial charge in [-0.15, -0.1) is 0 Å². The number of aryl methyl sites for hydroxylation is 4. The maximum absolute atomic E-state index is 12.4. The summed E-state index contributed by atoms with van der Waals surface area (Å²) < 4.78 is 11.2. The number of likely N-dealkylation sites (N-methyl/N-ethyl adjacent to an activating group) is 1. The molecule has 0 radical (unpaired) electrons. The number of benzene rings is 3. The summed E-state index contributed by atoms with van der Waals surface area (Å²) in [5, 5.41) is 2.76. The summed E-state index contributed by atoms with van der Waals surface area (Å²) in [6.07, 6.45) is -0.563. The number of fused-ring (bicyclic) bond motifs is 1. The van der Waals surface area contributed by atoms with Crippen molar-refractivity contribution in [3.63, 3.8) is 0 Å². The number of hydrogen-bond acceptors (Lipinski definition) is 5. The van der Waals surface area contributed by atoms with Crippen LogP contribution in [-0.2, 0) is 4.79 Å². The third-order valence-electron chi connectivity index (χ3n) is 6.02. The van der Waals surface area contributed by atoms with E-state index in [-0.39, 0.29) is 12.5 Å². The van der Waals surface area contributed by atoms with Crippen LogP contribution in [0.5, 0.6) is 11.5 Å². The molecule has 0 aliphatic carbocycles. The predicted molar refractivity (Wildman–Crippen MR) is 141 cm³/mol. The first-order valence-electron chi connectivity index (χ1n) is 11.6. The molecule has 1 aromatic heterocycles. The van der Waals surface area contributed by atoms with Crippen molar-refractivity contribution in [3.8, 4) is 22.9 Å². The first kappa shape index (κ1) is 24.8. The van der Waals surface area contributed by atoms with Crippen molar-refractivity contribution >= 4 is 28.7 Å². The van der Waals surface area contributed by atoms with E-state index in [0.29, 0.717) is 23.0 Å². The molecule has 0 atom stereocenters. The average molecular weight is 487 g/mol. The minimum Gasteiger partial charge on any atom is -0.484 e. The Labute approximate surface area is 210 Å². The lowest BCUT2D eigenvalue weighted by Gasteiger charge is -2.14. The van der Waals surface area contributed by atoms with Crippen molar-refractivity contribution in [2.75, 3.05) is 26.0 Å². The fourth-order valence-electron chi connectivity index (χ4n) is 3.90. The second kappa shape index (κ2) is 10.1. The Balaban J connectivity index is 1.51. The summed E-state index contributed by atoms with van der Waals surface area (Å²) in [4.78, 5) is 33.8. The van der Waals surface area contributed by atoms with Crippen LogP contribution in [0.4, 0.5) is 10.5 Å². The minimum absolute atomic E-state index is 0.0181. The van der Waals surface area contributed by atoms with E-state index < -0.39 is 6.09 Å². The van der Waals surface area contributed by atoms with Crippen LogP contribution in [0.2, 0.25) is 0 Å². The quantitative estimate of drug-likeness (QED) is 0.373. The topological polar surface area (TPSA) is 96.6 Å². The Hall–Kier alpha value is -4.33. The van der Waals surface area contributed by atoms with Crippen LogP contribution in [-0.4, -0.2) is 47.6 Å². The number of H-pyrrole nitrogens is 1. The lowest BCUT2D eigenvalue weighted by Crippen LogP contribution is -2.27. The van der Waals surface area contributed by atoms with Crippen molar-refractivity contribution < 1.29 is 19.1 Å². The van der Waals surface area contributed by atoms with E-state index in [1.54, 1.807) is 26.2 Å². The lowest BCUT2D eigenvalue weighted by molar-refractivity contribution is -0.130. The standard InChI is InChI=1S/C28H30N4O4/c1-16-7-8-20(11-17(16)2)29-28(34)36-21-9-10-23-24(14-21)31-27(30-23)26-18(3)12-22(13-19(26)4)35-15-25(33)32(5)6/h7-14H,15H2,1-6H3,(H,29,34)(H,30,31). The molecule has 0 spiro atoms. The fourth-order valence-corrected chi connectivity index (χ4v) is 3.90. The van der Waals surface area contributed by atoms with Crippen LogP contribution in [0.1, 0.15) is 22.3 Å². The number of anilines is 1. The zero-order valence-corrected chi connectivity index (χ0v) is 21.4. The normalized spacial score (nSPS) is 10.8. The zero-order chi connectivity index (χ0) is 26.0. The van der Waals surface area contributed by atoms with Gasteiger partial charge in [0.15, 0.2) is 6.61 Å². The number of nitrogens with one attached hydrogen (secondary N) is 2. The summed E-state index contributed by atoms with van der Waals surface area (Å²) in [6, 6.07) is 14.8. The highest BCUT2D eigenvalue weighted by Gasteiger charge is 2.15. The monoisotopic (exact) mass is 486 g/mol. The predicted octanol–water partition coefficient (Wildman–Crippen LogP) is 5.54. The van der Waals surface area contributed by atoms with Crippen LogP contribution in [0.25, 0.3) is 22.4 Å². The Morgan fingerprint density at radius 3 is 2.28 bits per heavy atom. The van der Waals surface area contributed by atoms with Gasteiger partial charge in [-0.1, -0.05) is 6.07 Å². The van der Waals surface area contributed by atoms with Crippen LogP contribution in [0.3, 0.4) is 0 Å². The van der Waals surface area contributed by atoms with Gasteiger partial charge in [0.1, 0.15) is 17.3 Å². The summed E-state index contributed by atoms with van der Waals surface area (Å²) >= 11 is 0. The van der Waals surface area contributed by atoms with Gasteiger partial charge in [0, 0.05) is 31.4 Å². The Kier molecular flexibility index (Phi) is 6.96. The zero-order valence-electron chi connectivity index (χ0n) is 21.4. The molecular formula is C28H30N4O4. The Morgan fingerprint density at radius 1 is 0.889 bits per heavy atom. The molecule has 0 saturated heterocycles. The molecule has 2 amide bonds. The van der Waals surface area contributed by atoms with Gasteiger partial charge in [-0.2, -0.15) is 0 Å². The van der Waals surface area contributed by atoms with Gasteiger partial charge >= 0.3 is 6.09 Å². The van der Waals surface area contributed by atoms with Gasteiger partial charge in [-0.25, -0.2) is 9.78 Å². The van der Waals surface area contributed by atoms with Gasteiger partial charge in [-0.3, -0.25) is 10.1 Å². The van der Waals surface area contributed by atoms with E-state index in [1.165, 1.54) is 4.90 Å². The van der Waals surface area contributed by atoms with Crippen molar-refractivity contribution in [1.82, 2.24) is 14.9 Å². The highest BCUT2D eigenvalue weighted by molar-refractivity contribution is 5.88. The van der Waals surface area contributed by atoms with E-state index in [0.717, 1.165) is 38.9 Å². The number of aromatic amines is 1. The molecule has 0 aliphatic rings. The molecule has 186 valence electrons. The molecule has 0 aliphatic heterocycles. The molecule has 8 nitrogen and oxygen atoms in total. The smallest absolute Gasteiger partial charge is 0.417 e. The second-order valence-electron chi connectivity index (χ2n) is 9.09. The van der Waals surface area contributed by atoms with Gasteiger partial charge in [-0.05, 0) is 86.3 Å². The number of nitrogens with zero attached hydrogens (tertiary/aromatic N) is 2. The van der Waals surface area contributed by atoms with Crippen LogP contribution in [0.15, 0.2) is 48.5 Å². The SMILES string of the molecule is Cc1ccc(NC(=O)Oc2ccc3nc(-c4c(C)cc(OCC(=O)N(C)C)cc4C)[nH]c3c2)cc1C. The highest BCUT2D eigenvalue weighted by atomic mass is 16.6. The minimum atomic E-state index is -0.563. The number of rotatable bonds is 6. The summed E-state index contributed by atoms with van der Waals surface area (Å²) in [6.45, 7) is 7.94. The van der Waals surface area contributed by atoms with Crippen LogP contribution < -0.4 is 14.8 Å². The molecule has 4 rings (SSSR count). The Bertz CT molecular complexity index is 1430. The van der Waals surface area contributed by atoms with Crippen molar-refractivity contribution in [1.29, 1.82) is 0 Å². The number of carbonyl (C=O) groups excluding carboxylic acids is 2. The average Bonchev–Trinajstić information content (AvgIpc) is 3.22. The molecule has 0 bridgehead atoms. The first-order chi connectivity index (χ1) is 17.1. The number of amides is 2. The van der Waals surface area contributed by atoms with Crippen molar-refractivity contribution in [3.05, 3.63) is 70.8 Å². The molecule has 0 unspecified atom stereocenters. The van der Waals surface area contributed by atoms with Gasteiger partial charge in [0.25, 0.3) is 5.91 Å². The van der Waals surface area contributed by atoms with Gasteiger partial charge < -0.3 is 19.4 Å². The van der Waals surface area contributed by atoms with Crippen LogP contribution >= 0.6 is 0 Å². The molecule has 8 heteroatoms. The number of aromatic nitrogens is 2. The van der Waals surface area contributed by atoms with Crippen molar-refractivity contribution in [2.45, 2.75) is 27.7 Å². The number of imidazole rings is 1. The largest absolute Gasteiger partial charge is 0.484 e. The molecule has 2 N–H and O–H groups in total. The summed E-state index contributed by atoms with van der Waals surface area (Å²) in [5.74, 6) is 1.63. The van der Waals surface area contributed by atoms with E-state index in [1.807, 2.05) is 64.1 Å². The van der Waals surface area contributed by atoms with E-state index in [9.17, 15) is 9.59 Å². The van der Waals surface area contributed by atoms with E-state index >= 15 is 0 Å². The van der Waals surface area contributed by atoms with E-state index in [4.69, 9.17) is 14.5 Å². The first-order valence-corrected chi connectivity index (χ1v) is 11.6. The molecule has 0 saturated carbocycles. The maximum Gasteiger partial charge on any atom is 0.417 e. The highest BCUT2D eigenvalue weighted by Crippen LogP contribution is 2.31. The third-order valence-corrected chi connectivity index (χ3v) is 6.02. The molecule has 0 fully saturated rings. The number of ether oxygens (including phenoxy) is 2. The molecule has 4 aromatic rings. The molecule has 36 heavy (non-hydrogen) atoms. The lowest BCUT2D eigenvalue weighted by atomic mass is 10.0. The third kappa shape index (κ3) is 5.49.